The monoisotopic (exact) mass is 317 g/mol. The fraction of sp³-hybridized carbons (Fsp3) is 0.333. The van der Waals surface area contributed by atoms with Gasteiger partial charge in [-0.2, -0.15) is 0 Å². The van der Waals surface area contributed by atoms with Crippen molar-refractivity contribution < 1.29 is 19.7 Å². The lowest BCUT2D eigenvalue weighted by molar-refractivity contribution is 0.170. The van der Waals surface area contributed by atoms with E-state index in [4.69, 9.17) is 9.47 Å². The molecule has 0 aromatic heterocycles. The van der Waals surface area contributed by atoms with E-state index in [0.29, 0.717) is 12.3 Å². The summed E-state index contributed by atoms with van der Waals surface area (Å²) in [4.78, 5) is 0. The maximum absolute atomic E-state index is 10.3. The number of benzene rings is 2. The van der Waals surface area contributed by atoms with Crippen molar-refractivity contribution in [2.24, 2.45) is 0 Å². The molecule has 0 aliphatic rings. The Labute approximate surface area is 136 Å². The normalized spacial score (nSPS) is 13.4. The standard InChI is InChI=1S/C18H23NO4/c1-12(16-10-14(20)6-9-18(16)23-3)19-11-17(21)13-4-7-15(22-2)8-5-13/h4-10,12,17,19-21H,11H2,1-3H3/t12-,17-/m1/s1. The van der Waals surface area contributed by atoms with Gasteiger partial charge in [-0.15, -0.1) is 0 Å². The summed E-state index contributed by atoms with van der Waals surface area (Å²) in [6.45, 7) is 2.34. The summed E-state index contributed by atoms with van der Waals surface area (Å²) in [5.41, 5.74) is 1.66. The van der Waals surface area contributed by atoms with Crippen molar-refractivity contribution in [1.29, 1.82) is 0 Å². The smallest absolute Gasteiger partial charge is 0.123 e. The molecule has 2 aromatic carbocycles. The van der Waals surface area contributed by atoms with E-state index in [1.165, 1.54) is 0 Å². The molecule has 0 bridgehead atoms. The molecule has 23 heavy (non-hydrogen) atoms. The largest absolute Gasteiger partial charge is 0.508 e. The first-order valence-electron chi connectivity index (χ1n) is 7.47. The van der Waals surface area contributed by atoms with Crippen LogP contribution in [0.1, 0.15) is 30.2 Å². The Bertz CT molecular complexity index is 627. The van der Waals surface area contributed by atoms with E-state index in [1.54, 1.807) is 32.4 Å². The van der Waals surface area contributed by atoms with Gasteiger partial charge in [0.05, 0.1) is 20.3 Å². The number of aliphatic hydroxyl groups is 1. The van der Waals surface area contributed by atoms with Gasteiger partial charge in [0.1, 0.15) is 17.2 Å². The topological polar surface area (TPSA) is 71.0 Å². The third kappa shape index (κ3) is 4.37. The SMILES string of the molecule is COc1ccc([C@H](O)CN[C@H](C)c2cc(O)ccc2OC)cc1. The second-order valence-electron chi connectivity index (χ2n) is 5.35. The summed E-state index contributed by atoms with van der Waals surface area (Å²) in [6, 6.07) is 12.2. The van der Waals surface area contributed by atoms with Crippen LogP contribution in [0.4, 0.5) is 0 Å². The number of phenolic OH excluding ortho intramolecular Hbond substituents is 1. The lowest BCUT2D eigenvalue weighted by atomic mass is 10.1. The Morgan fingerprint density at radius 1 is 1.04 bits per heavy atom. The van der Waals surface area contributed by atoms with E-state index < -0.39 is 6.10 Å². The minimum absolute atomic E-state index is 0.0788. The zero-order chi connectivity index (χ0) is 16.8. The average molecular weight is 317 g/mol. The minimum atomic E-state index is -0.633. The number of ether oxygens (including phenoxy) is 2. The second kappa shape index (κ2) is 7.85. The van der Waals surface area contributed by atoms with Crippen molar-refractivity contribution in [3.05, 3.63) is 53.6 Å². The molecule has 3 N–H and O–H groups in total. The average Bonchev–Trinajstić information content (AvgIpc) is 2.59. The molecule has 0 fully saturated rings. The molecule has 0 unspecified atom stereocenters. The molecule has 0 saturated carbocycles. The van der Waals surface area contributed by atoms with Crippen LogP contribution in [0, 0.1) is 0 Å². The van der Waals surface area contributed by atoms with Crippen LogP contribution in [0.25, 0.3) is 0 Å². The second-order valence-corrected chi connectivity index (χ2v) is 5.35. The Kier molecular flexibility index (Phi) is 5.84. The molecule has 0 heterocycles. The van der Waals surface area contributed by atoms with Gasteiger partial charge in [-0.25, -0.2) is 0 Å². The Hall–Kier alpha value is -2.24. The molecule has 5 nitrogen and oxygen atoms in total. The number of hydrogen-bond donors (Lipinski definition) is 3. The summed E-state index contributed by atoms with van der Waals surface area (Å²) < 4.78 is 10.4. The fourth-order valence-corrected chi connectivity index (χ4v) is 2.40. The predicted octanol–water partition coefficient (Wildman–Crippen LogP) is 2.79. The molecule has 5 heteroatoms. The van der Waals surface area contributed by atoms with Gasteiger partial charge in [0, 0.05) is 18.2 Å². The van der Waals surface area contributed by atoms with Crippen molar-refractivity contribution in [3.8, 4) is 17.2 Å². The van der Waals surface area contributed by atoms with Crippen LogP contribution in [0.5, 0.6) is 17.2 Å². The molecular formula is C18H23NO4. The highest BCUT2D eigenvalue weighted by Crippen LogP contribution is 2.29. The Balaban J connectivity index is 2.00. The van der Waals surface area contributed by atoms with Crippen LogP contribution in [0.15, 0.2) is 42.5 Å². The van der Waals surface area contributed by atoms with E-state index in [-0.39, 0.29) is 11.8 Å². The zero-order valence-electron chi connectivity index (χ0n) is 13.6. The summed E-state index contributed by atoms with van der Waals surface area (Å²) in [5, 5.41) is 23.2. The first-order chi connectivity index (χ1) is 11.0. The van der Waals surface area contributed by atoms with Gasteiger partial charge >= 0.3 is 0 Å². The maximum Gasteiger partial charge on any atom is 0.123 e. The molecule has 0 radical (unpaired) electrons. The van der Waals surface area contributed by atoms with Gasteiger partial charge in [0.2, 0.25) is 0 Å². The number of aromatic hydroxyl groups is 1. The molecule has 0 amide bonds. The van der Waals surface area contributed by atoms with Crippen LogP contribution >= 0.6 is 0 Å². The molecule has 2 rings (SSSR count). The van der Waals surface area contributed by atoms with Gasteiger partial charge in [0.15, 0.2) is 0 Å². The molecule has 0 aliphatic carbocycles. The van der Waals surface area contributed by atoms with E-state index >= 15 is 0 Å². The van der Waals surface area contributed by atoms with Crippen molar-refractivity contribution >= 4 is 0 Å². The summed E-state index contributed by atoms with van der Waals surface area (Å²) in [6.07, 6.45) is -0.633. The van der Waals surface area contributed by atoms with E-state index in [2.05, 4.69) is 5.32 Å². The highest BCUT2D eigenvalue weighted by molar-refractivity contribution is 5.41. The first-order valence-corrected chi connectivity index (χ1v) is 7.47. The Morgan fingerprint density at radius 2 is 1.74 bits per heavy atom. The number of hydrogen-bond acceptors (Lipinski definition) is 5. The Morgan fingerprint density at radius 3 is 2.35 bits per heavy atom. The summed E-state index contributed by atoms with van der Waals surface area (Å²) in [7, 11) is 3.20. The van der Waals surface area contributed by atoms with Crippen LogP contribution in [-0.4, -0.2) is 31.0 Å². The molecule has 124 valence electrons. The lowest BCUT2D eigenvalue weighted by Crippen LogP contribution is -2.25. The minimum Gasteiger partial charge on any atom is -0.508 e. The summed E-state index contributed by atoms with van der Waals surface area (Å²) >= 11 is 0. The molecule has 2 atom stereocenters. The molecular weight excluding hydrogens is 294 g/mol. The quantitative estimate of drug-likeness (QED) is 0.732. The molecule has 2 aromatic rings. The third-order valence-corrected chi connectivity index (χ3v) is 3.80. The van der Waals surface area contributed by atoms with Gasteiger partial charge in [-0.05, 0) is 42.8 Å². The van der Waals surface area contributed by atoms with Crippen molar-refractivity contribution in [2.45, 2.75) is 19.1 Å². The number of aliphatic hydroxyl groups excluding tert-OH is 1. The van der Waals surface area contributed by atoms with Gasteiger partial charge in [-0.3, -0.25) is 0 Å². The molecule has 0 spiro atoms. The number of rotatable bonds is 7. The van der Waals surface area contributed by atoms with Crippen molar-refractivity contribution in [2.75, 3.05) is 20.8 Å². The number of nitrogens with one attached hydrogen (secondary N) is 1. The van der Waals surface area contributed by atoms with Crippen molar-refractivity contribution in [1.82, 2.24) is 5.32 Å². The maximum atomic E-state index is 10.3. The highest BCUT2D eigenvalue weighted by atomic mass is 16.5. The zero-order valence-corrected chi connectivity index (χ0v) is 13.6. The summed E-state index contributed by atoms with van der Waals surface area (Å²) in [5.74, 6) is 1.64. The van der Waals surface area contributed by atoms with Crippen LogP contribution < -0.4 is 14.8 Å². The van der Waals surface area contributed by atoms with Gasteiger partial charge in [0.25, 0.3) is 0 Å². The highest BCUT2D eigenvalue weighted by Gasteiger charge is 2.14. The first kappa shape index (κ1) is 17.1. The van der Waals surface area contributed by atoms with Gasteiger partial charge in [-0.1, -0.05) is 12.1 Å². The van der Waals surface area contributed by atoms with Crippen molar-refractivity contribution in [3.63, 3.8) is 0 Å². The molecule has 0 aliphatic heterocycles. The number of methoxy groups -OCH3 is 2. The molecule has 0 saturated heterocycles. The fourth-order valence-electron chi connectivity index (χ4n) is 2.40. The van der Waals surface area contributed by atoms with Gasteiger partial charge < -0.3 is 25.0 Å². The number of phenols is 1. The van der Waals surface area contributed by atoms with E-state index in [1.807, 2.05) is 31.2 Å². The van der Waals surface area contributed by atoms with Crippen LogP contribution in [-0.2, 0) is 0 Å². The van der Waals surface area contributed by atoms with E-state index in [9.17, 15) is 10.2 Å². The van der Waals surface area contributed by atoms with E-state index in [0.717, 1.165) is 16.9 Å². The van der Waals surface area contributed by atoms with Crippen LogP contribution in [0.2, 0.25) is 0 Å². The predicted molar refractivity (Wildman–Crippen MR) is 89.0 cm³/mol. The van der Waals surface area contributed by atoms with Crippen LogP contribution in [0.3, 0.4) is 0 Å². The third-order valence-electron chi connectivity index (χ3n) is 3.80. The lowest BCUT2D eigenvalue weighted by Gasteiger charge is -2.20.